The largest absolute Gasteiger partial charge is 0.368 e. The molecule has 0 aromatic heterocycles. The Bertz CT molecular complexity index is 250. The number of nitrogens with zero attached hydrogens (tertiary/aromatic N) is 3. The SMILES string of the molecule is CN1CCN(CCCN2CC2C(N)=O)CC1. The lowest BCUT2D eigenvalue weighted by molar-refractivity contribution is -0.118. The predicted octanol–water partition coefficient (Wildman–Crippen LogP) is -1.21. The monoisotopic (exact) mass is 226 g/mol. The van der Waals surface area contributed by atoms with Crippen LogP contribution in [0, 0.1) is 0 Å². The van der Waals surface area contributed by atoms with Crippen molar-refractivity contribution < 1.29 is 4.79 Å². The Morgan fingerprint density at radius 3 is 2.50 bits per heavy atom. The molecular formula is C11H22N4O. The molecule has 0 spiro atoms. The van der Waals surface area contributed by atoms with Crippen LogP contribution in [0.25, 0.3) is 0 Å². The van der Waals surface area contributed by atoms with Gasteiger partial charge in [-0.3, -0.25) is 9.69 Å². The number of carbonyl (C=O) groups is 1. The highest BCUT2D eigenvalue weighted by atomic mass is 16.1. The maximum Gasteiger partial charge on any atom is 0.236 e. The van der Waals surface area contributed by atoms with Crippen LogP contribution in [0.5, 0.6) is 0 Å². The molecule has 0 saturated carbocycles. The van der Waals surface area contributed by atoms with Gasteiger partial charge in [-0.25, -0.2) is 0 Å². The van der Waals surface area contributed by atoms with Crippen molar-refractivity contribution in [3.8, 4) is 0 Å². The summed E-state index contributed by atoms with van der Waals surface area (Å²) in [5, 5.41) is 0. The van der Waals surface area contributed by atoms with Crippen LogP contribution in [0.15, 0.2) is 0 Å². The highest BCUT2D eigenvalue weighted by Crippen LogP contribution is 2.16. The molecule has 2 atom stereocenters. The molecule has 92 valence electrons. The van der Waals surface area contributed by atoms with E-state index in [1.54, 1.807) is 0 Å². The van der Waals surface area contributed by atoms with E-state index in [1.807, 2.05) is 0 Å². The van der Waals surface area contributed by atoms with Crippen molar-refractivity contribution in [1.82, 2.24) is 14.7 Å². The van der Waals surface area contributed by atoms with Crippen LogP contribution in [-0.4, -0.2) is 79.5 Å². The zero-order valence-electron chi connectivity index (χ0n) is 10.1. The van der Waals surface area contributed by atoms with Gasteiger partial charge in [0.1, 0.15) is 6.04 Å². The molecule has 0 aromatic carbocycles. The number of amides is 1. The number of primary amides is 1. The first-order valence-electron chi connectivity index (χ1n) is 6.11. The maximum absolute atomic E-state index is 10.8. The van der Waals surface area contributed by atoms with Gasteiger partial charge >= 0.3 is 0 Å². The maximum atomic E-state index is 10.8. The van der Waals surface area contributed by atoms with Gasteiger partial charge < -0.3 is 15.5 Å². The highest BCUT2D eigenvalue weighted by Gasteiger charge is 2.37. The summed E-state index contributed by atoms with van der Waals surface area (Å²) in [6, 6.07) is 0.0347. The molecule has 2 aliphatic heterocycles. The van der Waals surface area contributed by atoms with E-state index < -0.39 is 0 Å². The minimum atomic E-state index is -0.167. The van der Waals surface area contributed by atoms with E-state index in [2.05, 4.69) is 21.7 Å². The molecule has 0 bridgehead atoms. The Hall–Kier alpha value is -0.650. The van der Waals surface area contributed by atoms with Crippen LogP contribution in [0.1, 0.15) is 6.42 Å². The molecule has 5 nitrogen and oxygen atoms in total. The van der Waals surface area contributed by atoms with Gasteiger partial charge in [-0.05, 0) is 20.0 Å². The lowest BCUT2D eigenvalue weighted by Gasteiger charge is -2.32. The van der Waals surface area contributed by atoms with Crippen molar-refractivity contribution in [3.05, 3.63) is 0 Å². The predicted molar refractivity (Wildman–Crippen MR) is 63.1 cm³/mol. The number of hydrogen-bond acceptors (Lipinski definition) is 4. The quantitative estimate of drug-likeness (QED) is 0.598. The molecule has 2 fully saturated rings. The second-order valence-electron chi connectivity index (χ2n) is 4.91. The van der Waals surface area contributed by atoms with E-state index in [-0.39, 0.29) is 11.9 Å². The van der Waals surface area contributed by atoms with E-state index >= 15 is 0 Å². The molecule has 5 heteroatoms. The third-order valence-corrected chi connectivity index (χ3v) is 3.56. The number of piperazine rings is 1. The number of nitrogens with two attached hydrogens (primary N) is 1. The van der Waals surface area contributed by atoms with E-state index in [9.17, 15) is 4.79 Å². The fourth-order valence-corrected chi connectivity index (χ4v) is 2.26. The summed E-state index contributed by atoms with van der Waals surface area (Å²) in [6.45, 7) is 7.74. The number of hydrogen-bond donors (Lipinski definition) is 1. The van der Waals surface area contributed by atoms with Crippen molar-refractivity contribution >= 4 is 5.91 Å². The molecule has 0 aromatic rings. The normalized spacial score (nSPS) is 31.6. The molecular weight excluding hydrogens is 204 g/mol. The lowest BCUT2D eigenvalue weighted by atomic mass is 10.3. The second kappa shape index (κ2) is 5.12. The van der Waals surface area contributed by atoms with Crippen LogP contribution in [-0.2, 0) is 4.79 Å². The summed E-state index contributed by atoms with van der Waals surface area (Å²) in [6.07, 6.45) is 1.15. The summed E-state index contributed by atoms with van der Waals surface area (Å²) in [4.78, 5) is 17.9. The average Bonchev–Trinajstić information content (AvgIpc) is 3.01. The summed E-state index contributed by atoms with van der Waals surface area (Å²) in [5.41, 5.74) is 5.22. The van der Waals surface area contributed by atoms with Crippen LogP contribution in [0.3, 0.4) is 0 Å². The summed E-state index contributed by atoms with van der Waals surface area (Å²) in [5.74, 6) is -0.167. The highest BCUT2D eigenvalue weighted by molar-refractivity contribution is 5.82. The Morgan fingerprint density at radius 2 is 1.94 bits per heavy atom. The fraction of sp³-hybridized carbons (Fsp3) is 0.909. The Morgan fingerprint density at radius 1 is 1.25 bits per heavy atom. The first kappa shape index (κ1) is 11.8. The smallest absolute Gasteiger partial charge is 0.236 e. The Balaban J connectivity index is 1.54. The molecule has 1 amide bonds. The third-order valence-electron chi connectivity index (χ3n) is 3.56. The summed E-state index contributed by atoms with van der Waals surface area (Å²) < 4.78 is 0. The molecule has 2 unspecified atom stereocenters. The zero-order valence-corrected chi connectivity index (χ0v) is 10.1. The van der Waals surface area contributed by atoms with Crippen molar-refractivity contribution in [1.29, 1.82) is 0 Å². The van der Waals surface area contributed by atoms with Gasteiger partial charge in [0.25, 0.3) is 0 Å². The van der Waals surface area contributed by atoms with E-state index in [0.29, 0.717) is 0 Å². The molecule has 2 heterocycles. The molecule has 16 heavy (non-hydrogen) atoms. The number of likely N-dealkylation sites (N-methyl/N-ethyl adjacent to an activating group) is 1. The Kier molecular flexibility index (Phi) is 3.78. The summed E-state index contributed by atoms with van der Waals surface area (Å²) in [7, 11) is 2.17. The van der Waals surface area contributed by atoms with E-state index in [4.69, 9.17) is 5.73 Å². The Labute approximate surface area is 97.2 Å². The van der Waals surface area contributed by atoms with Gasteiger partial charge in [0.15, 0.2) is 0 Å². The van der Waals surface area contributed by atoms with Crippen molar-refractivity contribution in [2.75, 3.05) is 52.9 Å². The van der Waals surface area contributed by atoms with Crippen LogP contribution in [0.2, 0.25) is 0 Å². The molecule has 2 saturated heterocycles. The molecule has 2 N–H and O–H groups in total. The topological polar surface area (TPSA) is 52.6 Å². The second-order valence-corrected chi connectivity index (χ2v) is 4.91. The fourth-order valence-electron chi connectivity index (χ4n) is 2.26. The number of rotatable bonds is 5. The van der Waals surface area contributed by atoms with Gasteiger partial charge in [-0.15, -0.1) is 0 Å². The molecule has 0 radical (unpaired) electrons. The minimum absolute atomic E-state index is 0.0347. The van der Waals surface area contributed by atoms with Gasteiger partial charge in [-0.1, -0.05) is 0 Å². The van der Waals surface area contributed by atoms with Gasteiger partial charge in [-0.2, -0.15) is 0 Å². The van der Waals surface area contributed by atoms with Crippen LogP contribution >= 0.6 is 0 Å². The van der Waals surface area contributed by atoms with E-state index in [1.165, 1.54) is 26.2 Å². The molecule has 0 aliphatic carbocycles. The average molecular weight is 226 g/mol. The lowest BCUT2D eigenvalue weighted by Crippen LogP contribution is -2.44. The number of carbonyl (C=O) groups excluding carboxylic acids is 1. The third kappa shape index (κ3) is 3.17. The van der Waals surface area contributed by atoms with Gasteiger partial charge in [0, 0.05) is 39.3 Å². The van der Waals surface area contributed by atoms with Crippen LogP contribution < -0.4 is 5.73 Å². The van der Waals surface area contributed by atoms with Crippen LogP contribution in [0.4, 0.5) is 0 Å². The minimum Gasteiger partial charge on any atom is -0.368 e. The van der Waals surface area contributed by atoms with E-state index in [0.717, 1.165) is 26.1 Å². The standard InChI is InChI=1S/C11H22N4O/c1-13-5-7-14(8-6-13)3-2-4-15-9-10(15)11(12)16/h10H,2-9H2,1H3,(H2,12,16). The zero-order chi connectivity index (χ0) is 11.5. The first-order chi connectivity index (χ1) is 7.66. The van der Waals surface area contributed by atoms with Crippen molar-refractivity contribution in [3.63, 3.8) is 0 Å². The molecule has 2 aliphatic rings. The molecule has 2 rings (SSSR count). The van der Waals surface area contributed by atoms with Crippen molar-refractivity contribution in [2.45, 2.75) is 12.5 Å². The summed E-state index contributed by atoms with van der Waals surface area (Å²) >= 11 is 0. The van der Waals surface area contributed by atoms with Crippen molar-refractivity contribution in [2.24, 2.45) is 5.73 Å². The first-order valence-corrected chi connectivity index (χ1v) is 6.11. The van der Waals surface area contributed by atoms with Gasteiger partial charge in [0.2, 0.25) is 5.91 Å². The van der Waals surface area contributed by atoms with Gasteiger partial charge in [0.05, 0.1) is 0 Å².